The highest BCUT2D eigenvalue weighted by Crippen LogP contribution is 2.87. The molecule has 50 heavy (non-hydrogen) atoms. The van der Waals surface area contributed by atoms with Crippen molar-refractivity contribution in [3.8, 4) is 0 Å². The molecule has 6 aliphatic carbocycles. The molecule has 3 N–H and O–H groups in total. The molecule has 6 saturated carbocycles. The lowest BCUT2D eigenvalue weighted by molar-refractivity contribution is -0.346. The van der Waals surface area contributed by atoms with Crippen molar-refractivity contribution in [1.29, 1.82) is 0 Å². The van der Waals surface area contributed by atoms with Crippen LogP contribution in [0, 0.1) is 55.7 Å². The van der Waals surface area contributed by atoms with Gasteiger partial charge in [-0.1, -0.05) is 64.8 Å². The van der Waals surface area contributed by atoms with Crippen LogP contribution in [0.25, 0.3) is 0 Å². The van der Waals surface area contributed by atoms with E-state index in [1.54, 1.807) is 7.11 Å². The Balaban J connectivity index is 1.21. The van der Waals surface area contributed by atoms with Crippen molar-refractivity contribution in [2.24, 2.45) is 55.7 Å². The van der Waals surface area contributed by atoms with E-state index in [-0.39, 0.29) is 50.4 Å². The van der Waals surface area contributed by atoms with E-state index in [2.05, 4.69) is 52.0 Å². The van der Waals surface area contributed by atoms with Crippen LogP contribution in [0.1, 0.15) is 142 Å². The fourth-order valence-corrected chi connectivity index (χ4v) is 16.3. The Morgan fingerprint density at radius 2 is 1.62 bits per heavy atom. The molecule has 1 heterocycles. The molecule has 0 unspecified atom stereocenters. The number of aliphatic hydroxyl groups excluding tert-OH is 1. The van der Waals surface area contributed by atoms with Gasteiger partial charge in [0.25, 0.3) is 0 Å². The smallest absolute Gasteiger partial charge is 0.309 e. The highest BCUT2D eigenvalue weighted by molar-refractivity contribution is 5.74. The Kier molecular flexibility index (Phi) is 8.19. The van der Waals surface area contributed by atoms with Crippen LogP contribution >= 0.6 is 0 Å². The summed E-state index contributed by atoms with van der Waals surface area (Å²) < 4.78 is 12.3. The third-order valence-electron chi connectivity index (χ3n) is 18.6. The van der Waals surface area contributed by atoms with E-state index in [1.165, 1.54) is 43.2 Å². The van der Waals surface area contributed by atoms with Crippen LogP contribution in [0.15, 0.2) is 24.3 Å². The van der Waals surface area contributed by atoms with Gasteiger partial charge in [-0.05, 0) is 147 Å². The molecule has 1 aromatic rings. The first-order valence-electron chi connectivity index (χ1n) is 20.5. The van der Waals surface area contributed by atoms with Crippen LogP contribution in [-0.2, 0) is 27.1 Å². The van der Waals surface area contributed by atoms with Gasteiger partial charge in [0.2, 0.25) is 0 Å². The number of hydrogen-bond acceptors (Lipinski definition) is 5. The van der Waals surface area contributed by atoms with Crippen LogP contribution in [0.4, 0.5) is 0 Å². The monoisotopic (exact) mass is 690 g/mol. The number of fused-ring (bicyclic) bond motifs is 3. The molecule has 4 bridgehead atoms. The topological polar surface area (TPSA) is 96.2 Å². The number of carbonyl (C=O) groups is 1. The maximum absolute atomic E-state index is 12.8. The van der Waals surface area contributed by atoms with E-state index < -0.39 is 23.3 Å². The molecule has 0 aromatic heterocycles. The first kappa shape index (κ1) is 35.6. The second kappa shape index (κ2) is 11.5. The largest absolute Gasteiger partial charge is 0.481 e. The maximum atomic E-state index is 12.8. The summed E-state index contributed by atoms with van der Waals surface area (Å²) in [4.78, 5) is 12.8. The van der Waals surface area contributed by atoms with Gasteiger partial charge in [-0.25, -0.2) is 0 Å². The molecule has 7 fully saturated rings. The van der Waals surface area contributed by atoms with Gasteiger partial charge in [-0.2, -0.15) is 0 Å². The van der Waals surface area contributed by atoms with Gasteiger partial charge in [-0.15, -0.1) is 0 Å². The molecule has 1 aromatic carbocycles. The number of carboxylic acid groups (broad SMARTS) is 1. The molecule has 1 saturated heterocycles. The third kappa shape index (κ3) is 4.31. The lowest BCUT2D eigenvalue weighted by Gasteiger charge is -2.82. The number of aliphatic hydroxyl groups is 2. The summed E-state index contributed by atoms with van der Waals surface area (Å²) in [5, 5.41) is 35.5. The molecule has 6 nitrogen and oxygen atoms in total. The SMILES string of the molecule is CCC[C@H]1[C@@]23CC[C@@]45CCC[C@@]6(CC[C@@]4(C)[C@@H]2[C@@H](O)C[C@]1(O)O[C@@H]3Cc1ccc(CCOC)cc1)[C@@H]1C[C@](C)(C(=O)O)CC[C@@]1(C)CC[C@@]65C. The van der Waals surface area contributed by atoms with Gasteiger partial charge in [0.1, 0.15) is 0 Å². The lowest BCUT2D eigenvalue weighted by atomic mass is 9.22. The van der Waals surface area contributed by atoms with Crippen LogP contribution in [-0.4, -0.2) is 53.0 Å². The molecule has 6 heteroatoms. The van der Waals surface area contributed by atoms with Gasteiger partial charge in [0.15, 0.2) is 5.79 Å². The summed E-state index contributed by atoms with van der Waals surface area (Å²) >= 11 is 0. The standard InChI is InChI=1S/C44H66O6/c1-7-9-32-43-24-23-42-16-8-15-41(33-28-38(3,36(46)47)18-17-37(33,2)19-21-40(41,42)5)22-20-39(42,4)35(43)31(45)27-44(32,48)50-34(43)26-30-12-10-29(11-13-30)14-25-49-6/h10-13,31-35,45,48H,7-9,14-28H2,1-6H3,(H,46,47)/t31-,32-,33+,34+,35-,37-,38+,39-,40-,41+,42-,43+,44-/m0/s1. The van der Waals surface area contributed by atoms with E-state index in [0.29, 0.717) is 18.9 Å². The highest BCUT2D eigenvalue weighted by Gasteiger charge is 2.83. The summed E-state index contributed by atoms with van der Waals surface area (Å²) in [6.07, 6.45) is 16.1. The first-order valence-corrected chi connectivity index (χ1v) is 20.5. The Morgan fingerprint density at radius 1 is 0.900 bits per heavy atom. The average Bonchev–Trinajstić information content (AvgIpc) is 3.21. The van der Waals surface area contributed by atoms with Gasteiger partial charge in [0, 0.05) is 24.9 Å². The minimum atomic E-state index is -1.29. The zero-order valence-corrected chi connectivity index (χ0v) is 32.0. The minimum Gasteiger partial charge on any atom is -0.481 e. The van der Waals surface area contributed by atoms with E-state index in [9.17, 15) is 20.1 Å². The van der Waals surface area contributed by atoms with Crippen molar-refractivity contribution in [2.45, 2.75) is 162 Å². The summed E-state index contributed by atoms with van der Waals surface area (Å²) in [5.41, 5.74) is 1.99. The Morgan fingerprint density at radius 3 is 2.32 bits per heavy atom. The molecule has 8 rings (SSSR count). The number of methoxy groups -OCH3 is 1. The highest BCUT2D eigenvalue weighted by atomic mass is 16.6. The zero-order valence-electron chi connectivity index (χ0n) is 32.0. The quantitative estimate of drug-likeness (QED) is 0.253. The Hall–Kier alpha value is -1.47. The first-order chi connectivity index (χ1) is 23.6. The molecular formula is C44H66O6. The average molecular weight is 691 g/mol. The number of aliphatic carboxylic acids is 1. The number of carboxylic acids is 1. The van der Waals surface area contributed by atoms with Crippen LogP contribution < -0.4 is 0 Å². The zero-order chi connectivity index (χ0) is 35.6. The number of benzene rings is 1. The lowest BCUT2D eigenvalue weighted by Crippen LogP contribution is -2.77. The molecule has 0 amide bonds. The Bertz CT molecular complexity index is 1490. The molecule has 0 radical (unpaired) electrons. The summed E-state index contributed by atoms with van der Waals surface area (Å²) in [6, 6.07) is 8.93. The fourth-order valence-electron chi connectivity index (χ4n) is 16.3. The van der Waals surface area contributed by atoms with Crippen LogP contribution in [0.2, 0.25) is 0 Å². The van der Waals surface area contributed by atoms with Gasteiger partial charge < -0.3 is 24.8 Å². The van der Waals surface area contributed by atoms with Crippen molar-refractivity contribution < 1.29 is 29.6 Å². The van der Waals surface area contributed by atoms with Crippen molar-refractivity contribution in [1.82, 2.24) is 0 Å². The van der Waals surface area contributed by atoms with E-state index in [1.807, 2.05) is 6.92 Å². The molecule has 7 aliphatic rings. The second-order valence-corrected chi connectivity index (χ2v) is 20.0. The van der Waals surface area contributed by atoms with Crippen molar-refractivity contribution in [3.05, 3.63) is 35.4 Å². The Labute approximate surface area is 301 Å². The fraction of sp³-hybridized carbons (Fsp3) is 0.841. The molecular weight excluding hydrogens is 624 g/mol. The van der Waals surface area contributed by atoms with Crippen molar-refractivity contribution in [2.75, 3.05) is 13.7 Å². The second-order valence-electron chi connectivity index (χ2n) is 20.0. The maximum Gasteiger partial charge on any atom is 0.309 e. The molecule has 1 aliphatic heterocycles. The number of hydrogen-bond donors (Lipinski definition) is 3. The predicted octanol–water partition coefficient (Wildman–Crippen LogP) is 8.74. The predicted molar refractivity (Wildman–Crippen MR) is 194 cm³/mol. The van der Waals surface area contributed by atoms with E-state index in [4.69, 9.17) is 9.47 Å². The summed E-state index contributed by atoms with van der Waals surface area (Å²) in [5.74, 6) is -1.40. The van der Waals surface area contributed by atoms with Gasteiger partial charge in [-0.3, -0.25) is 4.79 Å². The van der Waals surface area contributed by atoms with Crippen LogP contribution in [0.3, 0.4) is 0 Å². The van der Waals surface area contributed by atoms with E-state index in [0.717, 1.165) is 70.6 Å². The molecule has 2 spiro atoms. The van der Waals surface area contributed by atoms with Crippen molar-refractivity contribution >= 4 is 5.97 Å². The normalized spacial score (nSPS) is 52.0. The third-order valence-corrected chi connectivity index (χ3v) is 18.6. The number of rotatable bonds is 8. The van der Waals surface area contributed by atoms with Crippen molar-refractivity contribution in [3.63, 3.8) is 0 Å². The minimum absolute atomic E-state index is 0.0147. The van der Waals surface area contributed by atoms with Gasteiger partial charge in [0.05, 0.1) is 24.2 Å². The summed E-state index contributed by atoms with van der Waals surface area (Å²) in [7, 11) is 1.75. The summed E-state index contributed by atoms with van der Waals surface area (Å²) in [6.45, 7) is 12.8. The van der Waals surface area contributed by atoms with Gasteiger partial charge >= 0.3 is 5.97 Å². The van der Waals surface area contributed by atoms with E-state index >= 15 is 0 Å². The number of ether oxygens (including phenoxy) is 2. The molecule has 278 valence electrons. The van der Waals surface area contributed by atoms with Crippen LogP contribution in [0.5, 0.6) is 0 Å². The molecule has 13 atom stereocenters.